The Morgan fingerprint density at radius 3 is 2.67 bits per heavy atom. The summed E-state index contributed by atoms with van der Waals surface area (Å²) in [5.74, 6) is -0.0226. The Morgan fingerprint density at radius 2 is 2.06 bits per heavy atom. The van der Waals surface area contributed by atoms with Gasteiger partial charge in [0.05, 0.1) is 0 Å². The van der Waals surface area contributed by atoms with Crippen LogP contribution in [-0.4, -0.2) is 26.0 Å². The first-order chi connectivity index (χ1) is 8.59. The molecule has 0 radical (unpaired) electrons. The molecule has 0 atom stereocenters. The normalized spacial score (nSPS) is 16.6. The van der Waals surface area contributed by atoms with Crippen LogP contribution in [0.5, 0.6) is 0 Å². The van der Waals surface area contributed by atoms with E-state index in [0.29, 0.717) is 5.56 Å². The molecule has 0 bridgehead atoms. The van der Waals surface area contributed by atoms with Gasteiger partial charge >= 0.3 is 0 Å². The zero-order chi connectivity index (χ0) is 13.1. The van der Waals surface area contributed by atoms with Crippen LogP contribution in [0.2, 0.25) is 0 Å². The van der Waals surface area contributed by atoms with E-state index in [1.807, 2.05) is 0 Å². The van der Waals surface area contributed by atoms with Gasteiger partial charge in [-0.2, -0.15) is 0 Å². The number of carbonyl (C=O) groups is 1. The van der Waals surface area contributed by atoms with Crippen LogP contribution in [0.1, 0.15) is 18.4 Å². The fraction of sp³-hybridized carbons (Fsp3) is 0.500. The van der Waals surface area contributed by atoms with Crippen molar-refractivity contribution in [1.82, 2.24) is 5.32 Å². The van der Waals surface area contributed by atoms with Crippen molar-refractivity contribution in [3.05, 3.63) is 29.6 Å². The molecule has 1 aromatic rings. The van der Waals surface area contributed by atoms with E-state index in [-0.39, 0.29) is 17.6 Å². The van der Waals surface area contributed by atoms with Crippen LogP contribution < -0.4 is 10.2 Å². The second-order valence-electron chi connectivity index (χ2n) is 4.86. The summed E-state index contributed by atoms with van der Waals surface area (Å²) >= 11 is 0. The van der Waals surface area contributed by atoms with Gasteiger partial charge in [0.1, 0.15) is 5.82 Å². The zero-order valence-electron chi connectivity index (χ0n) is 10.9. The van der Waals surface area contributed by atoms with Gasteiger partial charge in [0, 0.05) is 18.7 Å². The summed E-state index contributed by atoms with van der Waals surface area (Å²) in [5, 5.41) is 3.24. The molecule has 1 fully saturated rings. The van der Waals surface area contributed by atoms with E-state index in [1.165, 1.54) is 6.07 Å². The maximum absolute atomic E-state index is 13.2. The summed E-state index contributed by atoms with van der Waals surface area (Å²) in [6.07, 6.45) is 1.76. The van der Waals surface area contributed by atoms with Crippen LogP contribution in [0.25, 0.3) is 0 Å². The topological polar surface area (TPSA) is 32.3 Å². The third-order valence-corrected chi connectivity index (χ3v) is 3.55. The second kappa shape index (κ2) is 5.48. The van der Waals surface area contributed by atoms with Crippen LogP contribution in [0.4, 0.5) is 10.1 Å². The summed E-state index contributed by atoms with van der Waals surface area (Å²) in [4.78, 5) is 13.9. The molecule has 1 aliphatic heterocycles. The van der Waals surface area contributed by atoms with Gasteiger partial charge in [0.15, 0.2) is 0 Å². The van der Waals surface area contributed by atoms with Gasteiger partial charge in [0.25, 0.3) is 0 Å². The van der Waals surface area contributed by atoms with Crippen LogP contribution in [-0.2, 0) is 4.79 Å². The first kappa shape index (κ1) is 13.0. The molecule has 0 aromatic heterocycles. The second-order valence-corrected chi connectivity index (χ2v) is 4.86. The highest BCUT2D eigenvalue weighted by atomic mass is 19.1. The molecule has 1 N–H and O–H groups in total. The minimum atomic E-state index is -0.235. The largest absolute Gasteiger partial charge is 0.317 e. The van der Waals surface area contributed by atoms with Crippen molar-refractivity contribution in [3.63, 3.8) is 0 Å². The minimum Gasteiger partial charge on any atom is -0.317 e. The van der Waals surface area contributed by atoms with Crippen molar-refractivity contribution in [2.75, 3.05) is 25.0 Å². The molecule has 0 saturated carbocycles. The van der Waals surface area contributed by atoms with Crippen molar-refractivity contribution >= 4 is 11.6 Å². The SMILES string of the molecule is Cc1cc(N(C)C(=O)C2CCNCC2)ccc1F. The van der Waals surface area contributed by atoms with Crippen molar-refractivity contribution in [2.45, 2.75) is 19.8 Å². The quantitative estimate of drug-likeness (QED) is 0.871. The van der Waals surface area contributed by atoms with Crippen molar-refractivity contribution in [1.29, 1.82) is 0 Å². The number of nitrogens with one attached hydrogen (secondary N) is 1. The Bertz CT molecular complexity index is 441. The number of nitrogens with zero attached hydrogens (tertiary/aromatic N) is 1. The monoisotopic (exact) mass is 250 g/mol. The third kappa shape index (κ3) is 2.70. The number of hydrogen-bond acceptors (Lipinski definition) is 2. The fourth-order valence-corrected chi connectivity index (χ4v) is 2.31. The third-order valence-electron chi connectivity index (χ3n) is 3.55. The summed E-state index contributed by atoms with van der Waals surface area (Å²) < 4.78 is 13.2. The highest BCUT2D eigenvalue weighted by Crippen LogP contribution is 2.21. The lowest BCUT2D eigenvalue weighted by Crippen LogP contribution is -2.39. The number of carbonyl (C=O) groups excluding carboxylic acids is 1. The number of benzene rings is 1. The molecule has 1 aliphatic rings. The minimum absolute atomic E-state index is 0.0848. The van der Waals surface area contributed by atoms with Crippen LogP contribution in [0.3, 0.4) is 0 Å². The standard InChI is InChI=1S/C14H19FN2O/c1-10-9-12(3-4-13(10)15)17(2)14(18)11-5-7-16-8-6-11/h3-4,9,11,16H,5-8H2,1-2H3. The first-order valence-corrected chi connectivity index (χ1v) is 6.34. The van der Waals surface area contributed by atoms with E-state index in [1.54, 1.807) is 31.0 Å². The first-order valence-electron chi connectivity index (χ1n) is 6.34. The number of rotatable bonds is 2. The molecular formula is C14H19FN2O. The Balaban J connectivity index is 2.11. The molecule has 98 valence electrons. The maximum atomic E-state index is 13.2. The lowest BCUT2D eigenvalue weighted by atomic mass is 9.96. The fourth-order valence-electron chi connectivity index (χ4n) is 2.31. The van der Waals surface area contributed by atoms with E-state index >= 15 is 0 Å². The average Bonchev–Trinajstić information content (AvgIpc) is 2.41. The van der Waals surface area contributed by atoms with E-state index in [0.717, 1.165) is 31.6 Å². The Hall–Kier alpha value is -1.42. The summed E-state index contributed by atoms with van der Waals surface area (Å²) in [5.41, 5.74) is 1.33. The smallest absolute Gasteiger partial charge is 0.229 e. The maximum Gasteiger partial charge on any atom is 0.229 e. The van der Waals surface area contributed by atoms with Crippen molar-refractivity contribution in [2.24, 2.45) is 5.92 Å². The average molecular weight is 250 g/mol. The molecule has 3 nitrogen and oxygen atoms in total. The molecule has 0 aliphatic carbocycles. The lowest BCUT2D eigenvalue weighted by Gasteiger charge is -2.27. The molecule has 1 saturated heterocycles. The summed E-state index contributed by atoms with van der Waals surface area (Å²) in [6.45, 7) is 3.50. The van der Waals surface area contributed by atoms with Gasteiger partial charge in [-0.15, -0.1) is 0 Å². The number of amides is 1. The highest BCUT2D eigenvalue weighted by Gasteiger charge is 2.24. The molecule has 2 rings (SSSR count). The van der Waals surface area contributed by atoms with Crippen LogP contribution >= 0.6 is 0 Å². The highest BCUT2D eigenvalue weighted by molar-refractivity contribution is 5.94. The number of hydrogen-bond donors (Lipinski definition) is 1. The Kier molecular flexibility index (Phi) is 3.97. The Morgan fingerprint density at radius 1 is 1.39 bits per heavy atom. The summed E-state index contributed by atoms with van der Waals surface area (Å²) in [6, 6.07) is 4.78. The molecule has 0 unspecified atom stereocenters. The van der Waals surface area contributed by atoms with E-state index < -0.39 is 0 Å². The van der Waals surface area contributed by atoms with Gasteiger partial charge in [-0.1, -0.05) is 0 Å². The van der Waals surface area contributed by atoms with Gasteiger partial charge in [0.2, 0.25) is 5.91 Å². The van der Waals surface area contributed by atoms with Crippen molar-refractivity contribution in [3.8, 4) is 0 Å². The predicted molar refractivity (Wildman–Crippen MR) is 70.1 cm³/mol. The molecule has 1 heterocycles. The molecule has 4 heteroatoms. The summed E-state index contributed by atoms with van der Waals surface area (Å²) in [7, 11) is 1.76. The van der Waals surface area contributed by atoms with Gasteiger partial charge in [-0.3, -0.25) is 4.79 Å². The Labute approximate surface area is 107 Å². The lowest BCUT2D eigenvalue weighted by molar-refractivity contribution is -0.122. The number of aryl methyl sites for hydroxylation is 1. The van der Waals surface area contributed by atoms with Gasteiger partial charge in [-0.25, -0.2) is 4.39 Å². The zero-order valence-corrected chi connectivity index (χ0v) is 10.9. The molecular weight excluding hydrogens is 231 g/mol. The molecule has 1 aromatic carbocycles. The number of piperidine rings is 1. The van der Waals surface area contributed by atoms with Crippen LogP contribution in [0.15, 0.2) is 18.2 Å². The van der Waals surface area contributed by atoms with Gasteiger partial charge in [-0.05, 0) is 56.6 Å². The van der Waals surface area contributed by atoms with E-state index in [9.17, 15) is 9.18 Å². The van der Waals surface area contributed by atoms with Gasteiger partial charge < -0.3 is 10.2 Å². The number of halogens is 1. The molecule has 1 amide bonds. The number of anilines is 1. The molecule has 18 heavy (non-hydrogen) atoms. The molecule has 0 spiro atoms. The van der Waals surface area contributed by atoms with Crippen molar-refractivity contribution < 1.29 is 9.18 Å². The predicted octanol–water partition coefficient (Wildman–Crippen LogP) is 2.10. The van der Waals surface area contributed by atoms with E-state index in [2.05, 4.69) is 5.32 Å². The van der Waals surface area contributed by atoms with E-state index in [4.69, 9.17) is 0 Å². The van der Waals surface area contributed by atoms with Crippen LogP contribution in [0, 0.1) is 18.7 Å².